The molecule has 1 aromatic heterocycles. The van der Waals surface area contributed by atoms with Crippen LogP contribution in [0.4, 0.5) is 14.6 Å². The maximum atomic E-state index is 15.1. The number of hydrogen-bond donors (Lipinski definition) is 1. The fourth-order valence-electron chi connectivity index (χ4n) is 3.25. The molecule has 170 valence electrons. The van der Waals surface area contributed by atoms with E-state index in [9.17, 15) is 9.36 Å². The van der Waals surface area contributed by atoms with Crippen molar-refractivity contribution in [3.8, 4) is 12.3 Å². The molecule has 15 heteroatoms. The Balaban J connectivity index is 1.51. The predicted octanol–water partition coefficient (Wildman–Crippen LogP) is 1.68. The molecule has 1 aromatic rings. The van der Waals surface area contributed by atoms with Crippen molar-refractivity contribution in [2.24, 2.45) is 0 Å². The third-order valence-electron chi connectivity index (χ3n) is 4.70. The second-order valence-corrected chi connectivity index (χ2v) is 10.9. The third kappa shape index (κ3) is 4.65. The summed E-state index contributed by atoms with van der Waals surface area (Å²) in [6.07, 6.45) is -0.273. The van der Waals surface area contributed by atoms with Gasteiger partial charge in [-0.05, 0) is 6.07 Å². The molecule has 6 atom stereocenters. The van der Waals surface area contributed by atoms with Crippen LogP contribution in [-0.2, 0) is 27.6 Å². The molecule has 10 nitrogen and oxygen atoms in total. The highest BCUT2D eigenvalue weighted by atomic mass is 33.1. The molecule has 3 aliphatic rings. The van der Waals surface area contributed by atoms with Crippen LogP contribution in [0, 0.1) is 12.3 Å². The summed E-state index contributed by atoms with van der Waals surface area (Å²) in [5, 5.41) is 0. The average molecular weight is 497 g/mol. The van der Waals surface area contributed by atoms with Crippen LogP contribution in [0.15, 0.2) is 17.1 Å². The number of nitrogen functional groups attached to an aromatic ring is 1. The lowest BCUT2D eigenvalue weighted by Crippen LogP contribution is -2.46. The number of phosphoric ester groups is 1. The quantitative estimate of drug-likeness (QED) is 0.363. The van der Waals surface area contributed by atoms with Gasteiger partial charge >= 0.3 is 19.4 Å². The van der Waals surface area contributed by atoms with Crippen LogP contribution in [0.1, 0.15) is 6.23 Å². The number of alkyl halides is 2. The lowest BCUT2D eigenvalue weighted by atomic mass is 10.1. The van der Waals surface area contributed by atoms with E-state index in [2.05, 4.69) is 10.9 Å². The van der Waals surface area contributed by atoms with E-state index in [0.29, 0.717) is 16.1 Å². The highest BCUT2D eigenvalue weighted by Gasteiger charge is 2.65. The van der Waals surface area contributed by atoms with Crippen LogP contribution >= 0.6 is 29.4 Å². The average Bonchev–Trinajstić information content (AvgIpc) is 2.97. The van der Waals surface area contributed by atoms with Crippen LogP contribution in [0.5, 0.6) is 0 Å². The van der Waals surface area contributed by atoms with Crippen molar-refractivity contribution in [1.29, 1.82) is 0 Å². The Labute approximate surface area is 183 Å². The topological polar surface area (TPSA) is 124 Å². The first-order valence-electron chi connectivity index (χ1n) is 9.02. The highest BCUT2D eigenvalue weighted by Crippen LogP contribution is 2.61. The Kier molecular flexibility index (Phi) is 6.67. The van der Waals surface area contributed by atoms with E-state index in [1.165, 1.54) is 27.7 Å². The van der Waals surface area contributed by atoms with Crippen molar-refractivity contribution in [3.63, 3.8) is 0 Å². The van der Waals surface area contributed by atoms with E-state index in [0.717, 1.165) is 6.20 Å². The van der Waals surface area contributed by atoms with Gasteiger partial charge < -0.3 is 15.2 Å². The van der Waals surface area contributed by atoms with E-state index in [1.807, 2.05) is 0 Å². The van der Waals surface area contributed by atoms with E-state index >= 15 is 8.78 Å². The lowest BCUT2D eigenvalue weighted by Gasteiger charge is -2.36. The lowest BCUT2D eigenvalue weighted by molar-refractivity contribution is -0.140. The summed E-state index contributed by atoms with van der Waals surface area (Å²) in [4.78, 5) is 15.4. The zero-order valence-corrected chi connectivity index (χ0v) is 18.3. The van der Waals surface area contributed by atoms with Crippen molar-refractivity contribution in [2.75, 3.05) is 30.5 Å². The molecule has 31 heavy (non-hydrogen) atoms. The molecule has 0 saturated carbocycles. The van der Waals surface area contributed by atoms with Gasteiger partial charge in [0.25, 0.3) is 0 Å². The monoisotopic (exact) mass is 497 g/mol. The fourth-order valence-corrected chi connectivity index (χ4v) is 7.38. The molecular formula is C16H18F2N3O7PS2. The van der Waals surface area contributed by atoms with Crippen molar-refractivity contribution >= 4 is 35.2 Å². The molecule has 0 bridgehead atoms. The summed E-state index contributed by atoms with van der Waals surface area (Å²) in [5.74, 6) is -0.652. The molecule has 3 aliphatic heterocycles. The fraction of sp³-hybridized carbons (Fsp3) is 0.625. The zero-order chi connectivity index (χ0) is 22.2. The van der Waals surface area contributed by atoms with Gasteiger partial charge in [0.1, 0.15) is 24.6 Å². The first kappa shape index (κ1) is 23.0. The van der Waals surface area contributed by atoms with E-state index in [4.69, 9.17) is 35.2 Å². The molecular weight excluding hydrogens is 479 g/mol. The molecule has 0 radical (unpaired) electrons. The molecule has 0 amide bonds. The number of hydrogen-bond acceptors (Lipinski definition) is 11. The first-order chi connectivity index (χ1) is 14.7. The van der Waals surface area contributed by atoms with E-state index in [-0.39, 0.29) is 12.4 Å². The minimum Gasteiger partial charge on any atom is -0.383 e. The van der Waals surface area contributed by atoms with Crippen molar-refractivity contribution in [1.82, 2.24) is 9.55 Å². The van der Waals surface area contributed by atoms with Gasteiger partial charge in [0.15, 0.2) is 6.10 Å². The third-order valence-corrected chi connectivity index (χ3v) is 8.59. The van der Waals surface area contributed by atoms with Gasteiger partial charge in [0.2, 0.25) is 6.23 Å². The van der Waals surface area contributed by atoms with Crippen LogP contribution < -0.4 is 11.4 Å². The summed E-state index contributed by atoms with van der Waals surface area (Å²) in [6.45, 7) is -0.458. The number of nitrogens with two attached hydrogens (primary N) is 1. The molecule has 3 fully saturated rings. The molecule has 3 saturated heterocycles. The maximum absolute atomic E-state index is 15.1. The molecule has 4 heterocycles. The molecule has 4 rings (SSSR count). The molecule has 2 N–H and O–H groups in total. The first-order valence-corrected chi connectivity index (χ1v) is 13.0. The molecule has 0 spiro atoms. The number of terminal acetylenes is 1. The molecule has 0 aliphatic carbocycles. The number of anilines is 1. The summed E-state index contributed by atoms with van der Waals surface area (Å²) < 4.78 is 70.5. The van der Waals surface area contributed by atoms with Crippen molar-refractivity contribution in [3.05, 3.63) is 22.7 Å². The number of nitrogens with zero attached hydrogens (tertiary/aromatic N) is 2. The highest BCUT2D eigenvalue weighted by molar-refractivity contribution is 8.76. The van der Waals surface area contributed by atoms with Crippen LogP contribution in [-0.4, -0.2) is 64.6 Å². The normalized spacial score (nSPS) is 37.1. The smallest absolute Gasteiger partial charge is 0.383 e. The minimum absolute atomic E-state index is 0.0183. The van der Waals surface area contributed by atoms with Crippen molar-refractivity contribution in [2.45, 2.75) is 36.6 Å². The Morgan fingerprint density at radius 3 is 2.87 bits per heavy atom. The van der Waals surface area contributed by atoms with Gasteiger partial charge in [-0.15, -0.1) is 6.42 Å². The van der Waals surface area contributed by atoms with Gasteiger partial charge in [0.05, 0.1) is 12.7 Å². The summed E-state index contributed by atoms with van der Waals surface area (Å²) in [5.41, 5.74) is 4.38. The summed E-state index contributed by atoms with van der Waals surface area (Å²) in [7, 11) is -1.41. The van der Waals surface area contributed by atoms with Gasteiger partial charge in [-0.1, -0.05) is 27.5 Å². The largest absolute Gasteiger partial charge is 0.475 e. The van der Waals surface area contributed by atoms with Gasteiger partial charge in [-0.3, -0.25) is 18.1 Å². The SMILES string of the molecule is C#CCO[C@H]1CSSCC1OP1(=O)OC[C@H]2O[C@@H](n3ccc(N)nc3=O)C(F)(F)[C@@H]2O1. The molecule has 0 aromatic carbocycles. The number of phosphoric acid groups is 1. The Morgan fingerprint density at radius 2 is 2.16 bits per heavy atom. The minimum atomic E-state index is -4.38. The van der Waals surface area contributed by atoms with Crippen LogP contribution in [0.3, 0.4) is 0 Å². The zero-order valence-electron chi connectivity index (χ0n) is 15.8. The van der Waals surface area contributed by atoms with Gasteiger partial charge in [0, 0.05) is 17.7 Å². The Morgan fingerprint density at radius 1 is 1.42 bits per heavy atom. The van der Waals surface area contributed by atoms with E-state index in [1.54, 1.807) is 0 Å². The standard InChI is InChI=1S/C16H18F2N3O7PS2/c1-2-5-24-10-7-30-31-8-11(10)27-29(23)25-6-9-13(28-29)16(17,18)14(26-9)21-4-3-12(19)20-15(21)22/h1,3-4,9-11,13-14H,5-8H2,(H2,19,20,22)/t9-,10+,11?,13-,14-,29?/m1/s1. The van der Waals surface area contributed by atoms with Gasteiger partial charge in [-0.2, -0.15) is 13.8 Å². The van der Waals surface area contributed by atoms with Crippen molar-refractivity contribution < 1.29 is 36.4 Å². The number of rotatable bonds is 5. The molecule has 2 unspecified atom stereocenters. The van der Waals surface area contributed by atoms with Gasteiger partial charge in [-0.25, -0.2) is 9.36 Å². The second-order valence-electron chi connectivity index (χ2n) is 6.78. The maximum Gasteiger partial charge on any atom is 0.475 e. The Bertz CT molecular complexity index is 977. The summed E-state index contributed by atoms with van der Waals surface area (Å²) in [6, 6.07) is 1.18. The Hall–Kier alpha value is -1.17. The number of fused-ring (bicyclic) bond motifs is 1. The number of aromatic nitrogens is 2. The second kappa shape index (κ2) is 8.99. The van der Waals surface area contributed by atoms with Crippen LogP contribution in [0.2, 0.25) is 0 Å². The van der Waals surface area contributed by atoms with E-state index < -0.39 is 56.7 Å². The van der Waals surface area contributed by atoms with Crippen LogP contribution in [0.25, 0.3) is 0 Å². The summed E-state index contributed by atoms with van der Waals surface area (Å²) >= 11 is 0. The number of ether oxygens (including phenoxy) is 2. The number of halogens is 2. The predicted molar refractivity (Wildman–Crippen MR) is 109 cm³/mol.